The molecule has 3 aromatic heterocycles. The molecule has 4 heterocycles. The number of aromatic nitrogens is 5. The summed E-state index contributed by atoms with van der Waals surface area (Å²) in [6, 6.07) is 3.24. The van der Waals surface area contributed by atoms with Crippen LogP contribution in [0, 0.1) is 23.6 Å². The zero-order chi connectivity index (χ0) is 24.4. The first kappa shape index (κ1) is 21.7. The Bertz CT molecular complexity index is 1450. The van der Waals surface area contributed by atoms with Crippen LogP contribution in [0.15, 0.2) is 24.5 Å². The number of nitrogens with zero attached hydrogens (tertiary/aromatic N) is 5. The Morgan fingerprint density at radius 2 is 1.97 bits per heavy atom. The maximum atomic E-state index is 14.6. The molecule has 0 amide bonds. The zero-order valence-corrected chi connectivity index (χ0v) is 20.2. The molecule has 10 heteroatoms. The van der Waals surface area contributed by atoms with Crippen molar-refractivity contribution in [3.05, 3.63) is 36.2 Å². The fraction of sp³-hybridized carbons (Fsp3) is 0.462. The predicted molar refractivity (Wildman–Crippen MR) is 136 cm³/mol. The fourth-order valence-electron chi connectivity index (χ4n) is 6.18. The van der Waals surface area contributed by atoms with Crippen molar-refractivity contribution in [1.29, 1.82) is 0 Å². The highest BCUT2D eigenvalue weighted by molar-refractivity contribution is 6.14. The van der Waals surface area contributed by atoms with Crippen LogP contribution in [0.1, 0.15) is 37.4 Å². The summed E-state index contributed by atoms with van der Waals surface area (Å²) in [5.74, 6) is 3.93. The van der Waals surface area contributed by atoms with Crippen molar-refractivity contribution in [2.45, 2.75) is 31.6 Å². The van der Waals surface area contributed by atoms with E-state index in [0.717, 1.165) is 53.9 Å². The summed E-state index contributed by atoms with van der Waals surface area (Å²) in [4.78, 5) is 24.1. The molecule has 2 aliphatic carbocycles. The number of nitrogens with one attached hydrogen (secondary N) is 2. The Labute approximate surface area is 207 Å². The van der Waals surface area contributed by atoms with Crippen molar-refractivity contribution in [2.24, 2.45) is 23.5 Å². The molecule has 7 rings (SSSR count). The summed E-state index contributed by atoms with van der Waals surface area (Å²) in [5, 5.41) is 4.64. The number of hydrogen-bond donors (Lipinski definition) is 3. The zero-order valence-electron chi connectivity index (χ0n) is 20.2. The van der Waals surface area contributed by atoms with E-state index in [-0.39, 0.29) is 11.8 Å². The van der Waals surface area contributed by atoms with Gasteiger partial charge >= 0.3 is 6.01 Å². The molecule has 9 nitrogen and oxygen atoms in total. The Morgan fingerprint density at radius 1 is 1.14 bits per heavy atom. The highest BCUT2D eigenvalue weighted by atomic mass is 19.1. The van der Waals surface area contributed by atoms with E-state index in [1.54, 1.807) is 25.5 Å². The van der Waals surface area contributed by atoms with Gasteiger partial charge in [-0.3, -0.25) is 0 Å². The molecular formula is C26H29FN8O. The number of anilines is 2. The average Bonchev–Trinajstić information content (AvgIpc) is 3.38. The van der Waals surface area contributed by atoms with Crippen LogP contribution in [0.4, 0.5) is 15.9 Å². The van der Waals surface area contributed by atoms with Crippen molar-refractivity contribution in [1.82, 2.24) is 24.9 Å². The van der Waals surface area contributed by atoms with Crippen LogP contribution in [0.5, 0.6) is 11.8 Å². The molecule has 36 heavy (non-hydrogen) atoms. The van der Waals surface area contributed by atoms with Gasteiger partial charge in [0.15, 0.2) is 5.75 Å². The molecular weight excluding hydrogens is 459 g/mol. The van der Waals surface area contributed by atoms with Gasteiger partial charge in [-0.05, 0) is 62.1 Å². The van der Waals surface area contributed by atoms with Crippen molar-refractivity contribution in [3.8, 4) is 11.8 Å². The molecule has 186 valence electrons. The van der Waals surface area contributed by atoms with E-state index in [9.17, 15) is 4.39 Å². The smallest absolute Gasteiger partial charge is 0.326 e. The lowest BCUT2D eigenvalue weighted by Crippen LogP contribution is -2.26. The first-order valence-electron chi connectivity index (χ1n) is 12.8. The van der Waals surface area contributed by atoms with E-state index >= 15 is 0 Å². The summed E-state index contributed by atoms with van der Waals surface area (Å²) >= 11 is 0. The van der Waals surface area contributed by atoms with Crippen LogP contribution in [0.3, 0.4) is 0 Å². The second-order valence-corrected chi connectivity index (χ2v) is 10.4. The molecule has 0 bridgehead atoms. The quantitative estimate of drug-likeness (QED) is 0.370. The second kappa shape index (κ2) is 8.26. The van der Waals surface area contributed by atoms with Crippen LogP contribution in [0.25, 0.3) is 21.9 Å². The Kier molecular flexibility index (Phi) is 4.99. The minimum absolute atomic E-state index is 0.214. The predicted octanol–water partition coefficient (Wildman–Crippen LogP) is 4.17. The number of rotatable bonds is 6. The van der Waals surface area contributed by atoms with E-state index in [1.165, 1.54) is 18.9 Å². The molecule has 1 aliphatic heterocycles. The summed E-state index contributed by atoms with van der Waals surface area (Å²) in [6.07, 6.45) is 8.01. The van der Waals surface area contributed by atoms with Crippen LogP contribution >= 0.6 is 0 Å². The molecule has 2 unspecified atom stereocenters. The van der Waals surface area contributed by atoms with Gasteiger partial charge in [0.1, 0.15) is 23.1 Å². The van der Waals surface area contributed by atoms with E-state index in [4.69, 9.17) is 15.5 Å². The second-order valence-electron chi connectivity index (χ2n) is 10.4. The van der Waals surface area contributed by atoms with Crippen molar-refractivity contribution < 1.29 is 9.13 Å². The molecule has 4 aromatic rings. The Hall–Kier alpha value is -3.53. The van der Waals surface area contributed by atoms with Crippen LogP contribution in [0.2, 0.25) is 0 Å². The van der Waals surface area contributed by atoms with Gasteiger partial charge in [-0.15, -0.1) is 0 Å². The molecule has 0 spiro atoms. The van der Waals surface area contributed by atoms with E-state index in [0.29, 0.717) is 47.3 Å². The van der Waals surface area contributed by atoms with Gasteiger partial charge in [0.25, 0.3) is 0 Å². The van der Waals surface area contributed by atoms with Crippen LogP contribution < -0.4 is 20.7 Å². The van der Waals surface area contributed by atoms with Gasteiger partial charge in [0.05, 0.1) is 29.0 Å². The normalized spacial score (nSPS) is 23.5. The number of halogens is 1. The monoisotopic (exact) mass is 488 g/mol. The SMILES string of the molecule is CNc1cc(F)cc2c1[nH]c1nc(Oc3cnc(C4CC4)nc3)nc(N3CC4C(CN)CC[C@H]4C3)c12. The van der Waals surface area contributed by atoms with Crippen molar-refractivity contribution in [2.75, 3.05) is 36.9 Å². The number of benzene rings is 1. The number of nitrogens with two attached hydrogens (primary N) is 1. The first-order chi connectivity index (χ1) is 17.6. The van der Waals surface area contributed by atoms with Gasteiger partial charge in [-0.2, -0.15) is 9.97 Å². The standard InChI is InChI=1S/C26H29FN8O/c1-29-20-7-16(27)6-18-21-24(32-22(18)20)33-26(36-17-9-30-23(31-10-17)13-2-3-13)34-25(21)35-11-15-5-4-14(8-28)19(15)12-35/h6-7,9-10,13-15,19,29H,2-5,8,11-12,28H2,1H3,(H,32,33,34)/t14?,15-,19?/m0/s1. The molecule has 0 radical (unpaired) electrons. The topological polar surface area (TPSA) is 118 Å². The largest absolute Gasteiger partial charge is 0.421 e. The van der Waals surface area contributed by atoms with Gasteiger partial charge in [0, 0.05) is 31.4 Å². The summed E-state index contributed by atoms with van der Waals surface area (Å²) < 4.78 is 20.6. The van der Waals surface area contributed by atoms with Gasteiger partial charge in [0.2, 0.25) is 0 Å². The van der Waals surface area contributed by atoms with Crippen molar-refractivity contribution in [3.63, 3.8) is 0 Å². The average molecular weight is 489 g/mol. The molecule has 1 saturated heterocycles. The van der Waals surface area contributed by atoms with Crippen molar-refractivity contribution >= 4 is 33.4 Å². The maximum Gasteiger partial charge on any atom is 0.326 e. The van der Waals surface area contributed by atoms with Gasteiger partial charge < -0.3 is 25.7 Å². The van der Waals surface area contributed by atoms with Gasteiger partial charge in [-0.25, -0.2) is 14.4 Å². The van der Waals surface area contributed by atoms with E-state index < -0.39 is 0 Å². The lowest BCUT2D eigenvalue weighted by atomic mass is 9.93. The minimum Gasteiger partial charge on any atom is -0.421 e. The first-order valence-corrected chi connectivity index (χ1v) is 12.8. The van der Waals surface area contributed by atoms with E-state index in [2.05, 4.69) is 30.2 Å². The number of hydrogen-bond acceptors (Lipinski definition) is 8. The number of fused-ring (bicyclic) bond motifs is 4. The molecule has 3 atom stereocenters. The molecule has 1 aromatic carbocycles. The molecule has 2 saturated carbocycles. The fourth-order valence-corrected chi connectivity index (χ4v) is 6.18. The highest BCUT2D eigenvalue weighted by Crippen LogP contribution is 2.45. The summed E-state index contributed by atoms with van der Waals surface area (Å²) in [7, 11) is 1.78. The third kappa shape index (κ3) is 3.54. The summed E-state index contributed by atoms with van der Waals surface area (Å²) in [6.45, 7) is 2.48. The third-order valence-corrected chi connectivity index (χ3v) is 8.16. The lowest BCUT2D eigenvalue weighted by molar-refractivity contribution is 0.386. The molecule has 3 aliphatic rings. The number of ether oxygens (including phenoxy) is 1. The Balaban J connectivity index is 1.33. The van der Waals surface area contributed by atoms with Gasteiger partial charge in [-0.1, -0.05) is 0 Å². The minimum atomic E-state index is -0.312. The van der Waals surface area contributed by atoms with Crippen LogP contribution in [-0.4, -0.2) is 51.6 Å². The number of aromatic amines is 1. The Morgan fingerprint density at radius 3 is 2.72 bits per heavy atom. The summed E-state index contributed by atoms with van der Waals surface area (Å²) in [5.41, 5.74) is 8.15. The third-order valence-electron chi connectivity index (χ3n) is 8.16. The molecule has 4 N–H and O–H groups in total. The highest BCUT2D eigenvalue weighted by Gasteiger charge is 2.43. The maximum absolute atomic E-state index is 14.6. The molecule has 3 fully saturated rings. The van der Waals surface area contributed by atoms with E-state index in [1.807, 2.05) is 0 Å². The van der Waals surface area contributed by atoms with Crippen LogP contribution in [-0.2, 0) is 0 Å². The lowest BCUT2D eigenvalue weighted by Gasteiger charge is -2.22. The number of H-pyrrole nitrogens is 1.